The minimum atomic E-state index is -4.35. The van der Waals surface area contributed by atoms with E-state index in [0.29, 0.717) is 18.1 Å². The first-order valence-electron chi connectivity index (χ1n) is 15.2. The van der Waals surface area contributed by atoms with Gasteiger partial charge >= 0.3 is 0 Å². The average molecular weight is 660 g/mol. The van der Waals surface area contributed by atoms with Gasteiger partial charge in [0.2, 0.25) is 11.8 Å². The van der Waals surface area contributed by atoms with Gasteiger partial charge in [-0.3, -0.25) is 13.9 Å². The van der Waals surface area contributed by atoms with Crippen LogP contribution >= 0.6 is 0 Å². The summed E-state index contributed by atoms with van der Waals surface area (Å²) >= 11 is 0. The fourth-order valence-electron chi connectivity index (χ4n) is 5.12. The second kappa shape index (κ2) is 16.0. The maximum absolute atomic E-state index is 14.5. The summed E-state index contributed by atoms with van der Waals surface area (Å²) in [5.74, 6) is 0.191. The number of ether oxygens (including phenoxy) is 3. The Balaban J connectivity index is 1.81. The largest absolute Gasteiger partial charge is 0.494 e. The molecule has 47 heavy (non-hydrogen) atoms. The van der Waals surface area contributed by atoms with E-state index in [0.717, 1.165) is 21.0 Å². The van der Waals surface area contributed by atoms with Crippen LogP contribution in [0.3, 0.4) is 0 Å². The summed E-state index contributed by atoms with van der Waals surface area (Å²) in [5, 5.41) is 2.69. The molecule has 4 aromatic carbocycles. The minimum Gasteiger partial charge on any atom is -0.494 e. The van der Waals surface area contributed by atoms with Gasteiger partial charge in [-0.05, 0) is 61.4 Å². The third kappa shape index (κ3) is 8.62. The van der Waals surface area contributed by atoms with Crippen molar-refractivity contribution in [2.75, 3.05) is 38.7 Å². The lowest BCUT2D eigenvalue weighted by Crippen LogP contribution is -2.53. The predicted molar refractivity (Wildman–Crippen MR) is 181 cm³/mol. The van der Waals surface area contributed by atoms with E-state index in [4.69, 9.17) is 14.2 Å². The van der Waals surface area contributed by atoms with Crippen molar-refractivity contribution in [1.82, 2.24) is 10.2 Å². The molecule has 4 aromatic rings. The van der Waals surface area contributed by atoms with Gasteiger partial charge in [0.05, 0.1) is 31.4 Å². The molecule has 4 rings (SSSR count). The molecule has 0 aromatic heterocycles. The molecule has 1 atom stereocenters. The molecule has 0 aliphatic carbocycles. The van der Waals surface area contributed by atoms with Crippen molar-refractivity contribution >= 4 is 27.5 Å². The molecule has 11 heteroatoms. The number of rotatable bonds is 15. The number of hydrogen-bond donors (Lipinski definition) is 1. The fourth-order valence-corrected chi connectivity index (χ4v) is 6.55. The molecule has 0 aliphatic heterocycles. The Kier molecular flexibility index (Phi) is 11.9. The van der Waals surface area contributed by atoms with Crippen LogP contribution < -0.4 is 23.8 Å². The van der Waals surface area contributed by atoms with Gasteiger partial charge in [0, 0.05) is 26.1 Å². The number of likely N-dealkylation sites (N-methyl/N-ethyl adjacent to an activating group) is 1. The van der Waals surface area contributed by atoms with Gasteiger partial charge < -0.3 is 24.4 Å². The van der Waals surface area contributed by atoms with Crippen LogP contribution in [0.1, 0.15) is 23.6 Å². The number of nitrogens with one attached hydrogen (secondary N) is 1. The molecule has 2 amide bonds. The number of carbonyl (C=O) groups is 2. The monoisotopic (exact) mass is 659 g/mol. The van der Waals surface area contributed by atoms with Crippen LogP contribution in [0.5, 0.6) is 17.2 Å². The number of aryl methyl sites for hydroxylation is 1. The lowest BCUT2D eigenvalue weighted by atomic mass is 10.0. The van der Waals surface area contributed by atoms with Crippen molar-refractivity contribution in [3.8, 4) is 17.2 Å². The van der Waals surface area contributed by atoms with Crippen LogP contribution in [0, 0.1) is 6.92 Å². The van der Waals surface area contributed by atoms with Crippen molar-refractivity contribution < 1.29 is 32.2 Å². The fraction of sp³-hybridized carbons (Fsp3) is 0.278. The maximum atomic E-state index is 14.5. The van der Waals surface area contributed by atoms with E-state index >= 15 is 0 Å². The molecule has 0 spiro atoms. The molecule has 0 unspecified atom stereocenters. The standard InChI is InChI=1S/C36H41N3O7S/c1-6-46-30-18-16-29(17-19-30)39(47(42,43)31-20-21-33(44-4)34(23-31)45-5)25-35(40)38(24-28-14-12-26(2)13-15-28)32(36(41)37-3)22-27-10-8-7-9-11-27/h7-21,23,32H,6,22,24-25H2,1-5H3,(H,37,41)/t32-/m1/s1. The zero-order valence-electron chi connectivity index (χ0n) is 27.3. The number of benzene rings is 4. The number of carbonyl (C=O) groups excluding carboxylic acids is 2. The van der Waals surface area contributed by atoms with E-state index in [2.05, 4.69) is 5.32 Å². The summed E-state index contributed by atoms with van der Waals surface area (Å²) in [7, 11) is 0.0406. The van der Waals surface area contributed by atoms with Crippen molar-refractivity contribution in [2.45, 2.75) is 37.8 Å². The molecule has 0 bridgehead atoms. The Hall–Kier alpha value is -5.03. The normalized spacial score (nSPS) is 11.7. The highest BCUT2D eigenvalue weighted by molar-refractivity contribution is 7.92. The first-order chi connectivity index (χ1) is 22.6. The second-order valence-electron chi connectivity index (χ2n) is 10.8. The van der Waals surface area contributed by atoms with Gasteiger partial charge in [0.1, 0.15) is 18.3 Å². The van der Waals surface area contributed by atoms with Crippen LogP contribution in [-0.2, 0) is 32.6 Å². The second-order valence-corrected chi connectivity index (χ2v) is 12.6. The third-order valence-electron chi connectivity index (χ3n) is 7.65. The van der Waals surface area contributed by atoms with E-state index in [1.165, 1.54) is 44.4 Å². The van der Waals surface area contributed by atoms with Crippen molar-refractivity contribution in [2.24, 2.45) is 0 Å². The summed E-state index contributed by atoms with van der Waals surface area (Å²) in [6.45, 7) is 3.74. The van der Waals surface area contributed by atoms with E-state index in [1.807, 2.05) is 68.4 Å². The van der Waals surface area contributed by atoms with Crippen LogP contribution in [0.25, 0.3) is 0 Å². The Labute approximate surface area is 276 Å². The number of hydrogen-bond acceptors (Lipinski definition) is 7. The molecule has 0 fully saturated rings. The van der Waals surface area contributed by atoms with E-state index in [-0.39, 0.29) is 35.2 Å². The van der Waals surface area contributed by atoms with Crippen molar-refractivity contribution in [1.29, 1.82) is 0 Å². The third-order valence-corrected chi connectivity index (χ3v) is 9.42. The molecular weight excluding hydrogens is 618 g/mol. The van der Waals surface area contributed by atoms with E-state index in [9.17, 15) is 18.0 Å². The highest BCUT2D eigenvalue weighted by Gasteiger charge is 2.34. The smallest absolute Gasteiger partial charge is 0.264 e. The minimum absolute atomic E-state index is 0.0809. The van der Waals surface area contributed by atoms with Crippen LogP contribution in [0.15, 0.2) is 102 Å². The number of methoxy groups -OCH3 is 2. The first kappa shape index (κ1) is 34.8. The summed E-state index contributed by atoms with van der Waals surface area (Å²) in [4.78, 5) is 29.3. The molecule has 0 heterocycles. The zero-order chi connectivity index (χ0) is 34.0. The van der Waals surface area contributed by atoms with Gasteiger partial charge in [-0.15, -0.1) is 0 Å². The van der Waals surface area contributed by atoms with Crippen molar-refractivity contribution in [3.05, 3.63) is 114 Å². The van der Waals surface area contributed by atoms with Gasteiger partial charge in [-0.2, -0.15) is 0 Å². The molecule has 0 saturated heterocycles. The zero-order valence-corrected chi connectivity index (χ0v) is 28.1. The topological polar surface area (TPSA) is 114 Å². The van der Waals surface area contributed by atoms with Crippen molar-refractivity contribution in [3.63, 3.8) is 0 Å². The summed E-state index contributed by atoms with van der Waals surface area (Å²) in [5.41, 5.74) is 2.93. The molecule has 248 valence electrons. The van der Waals surface area contributed by atoms with Gasteiger partial charge in [0.15, 0.2) is 11.5 Å². The molecule has 0 saturated carbocycles. The predicted octanol–water partition coefficient (Wildman–Crippen LogP) is 4.99. The Morgan fingerprint density at radius 1 is 0.830 bits per heavy atom. The number of amides is 2. The summed E-state index contributed by atoms with van der Waals surface area (Å²) in [6, 6.07) is 26.8. The van der Waals surface area contributed by atoms with Crippen LogP contribution in [0.4, 0.5) is 5.69 Å². The maximum Gasteiger partial charge on any atom is 0.264 e. The number of nitrogens with zero attached hydrogens (tertiary/aromatic N) is 2. The quantitative estimate of drug-likeness (QED) is 0.191. The summed E-state index contributed by atoms with van der Waals surface area (Å²) in [6.07, 6.45) is 0.226. The highest BCUT2D eigenvalue weighted by Crippen LogP contribution is 2.33. The lowest BCUT2D eigenvalue weighted by Gasteiger charge is -2.33. The van der Waals surface area contributed by atoms with Crippen LogP contribution in [-0.4, -0.2) is 65.6 Å². The van der Waals surface area contributed by atoms with E-state index < -0.39 is 28.5 Å². The van der Waals surface area contributed by atoms with Gasteiger partial charge in [-0.25, -0.2) is 8.42 Å². The molecule has 0 aliphatic rings. The Bertz CT molecular complexity index is 1750. The first-order valence-corrected chi connectivity index (χ1v) is 16.6. The Morgan fingerprint density at radius 3 is 2.09 bits per heavy atom. The van der Waals surface area contributed by atoms with Crippen LogP contribution in [0.2, 0.25) is 0 Å². The molecule has 0 radical (unpaired) electrons. The average Bonchev–Trinajstić information content (AvgIpc) is 3.09. The van der Waals surface area contributed by atoms with E-state index in [1.54, 1.807) is 24.3 Å². The van der Waals surface area contributed by atoms with Gasteiger partial charge in [-0.1, -0.05) is 60.2 Å². The highest BCUT2D eigenvalue weighted by atomic mass is 32.2. The number of sulfonamides is 1. The molecule has 10 nitrogen and oxygen atoms in total. The Morgan fingerprint density at radius 2 is 1.49 bits per heavy atom. The van der Waals surface area contributed by atoms with Gasteiger partial charge in [0.25, 0.3) is 10.0 Å². The number of anilines is 1. The lowest BCUT2D eigenvalue weighted by molar-refractivity contribution is -0.139. The molecular formula is C36H41N3O7S. The summed E-state index contributed by atoms with van der Waals surface area (Å²) < 4.78 is 46.0. The SMILES string of the molecule is CCOc1ccc(N(CC(=O)N(Cc2ccc(C)cc2)[C@H](Cc2ccccc2)C(=O)NC)S(=O)(=O)c2ccc(OC)c(OC)c2)cc1. The molecule has 1 N–H and O–H groups in total.